The molecule has 0 aromatic rings. The molecule has 0 heterocycles. The highest BCUT2D eigenvalue weighted by molar-refractivity contribution is 5.00. The van der Waals surface area contributed by atoms with Crippen LogP contribution in [0.4, 0.5) is 13.2 Å². The maximum atomic E-state index is 14.3. The summed E-state index contributed by atoms with van der Waals surface area (Å²) in [7, 11) is 0. The minimum absolute atomic E-state index is 0.146. The molecule has 2 saturated carbocycles. The van der Waals surface area contributed by atoms with E-state index in [0.717, 1.165) is 44.4 Å². The van der Waals surface area contributed by atoms with E-state index in [1.165, 1.54) is 32.6 Å². The quantitative estimate of drug-likeness (QED) is 0.166. The van der Waals surface area contributed by atoms with Gasteiger partial charge in [-0.25, -0.2) is 0 Å². The highest BCUT2D eigenvalue weighted by Gasteiger charge is 2.57. The Morgan fingerprint density at radius 3 is 2.30 bits per heavy atom. The number of unbranched alkanes of at least 4 members (excludes halogenated alkanes) is 1. The Labute approximate surface area is 197 Å². The van der Waals surface area contributed by atoms with Crippen LogP contribution in [0.5, 0.6) is 0 Å². The fourth-order valence-electron chi connectivity index (χ4n) is 6.30. The van der Waals surface area contributed by atoms with Crippen LogP contribution in [0.15, 0.2) is 12.2 Å². The predicted molar refractivity (Wildman–Crippen MR) is 118 cm³/mol. The number of hydrogen-bond acceptors (Lipinski definition) is 0. The first-order valence-electron chi connectivity index (χ1n) is 12.4. The molecule has 0 aliphatic heterocycles. The first kappa shape index (κ1) is 26.5. The van der Waals surface area contributed by atoms with Gasteiger partial charge >= 0.3 is 6.18 Å². The van der Waals surface area contributed by atoms with Crippen molar-refractivity contribution in [2.75, 3.05) is 0 Å². The molecule has 176 valence electrons. The van der Waals surface area contributed by atoms with Gasteiger partial charge in [-0.3, -0.25) is 0 Å². The van der Waals surface area contributed by atoms with E-state index in [1.54, 1.807) is 0 Å². The summed E-state index contributed by atoms with van der Waals surface area (Å²) in [5, 5.41) is 0. The Hall–Kier alpha value is 0.260. The molecule has 2 aliphatic rings. The van der Waals surface area contributed by atoms with E-state index in [4.69, 9.17) is 0 Å². The second-order valence-electron chi connectivity index (χ2n) is 10.7. The molecule has 7 atom stereocenters. The highest BCUT2D eigenvalue weighted by Crippen LogP contribution is 2.57. The van der Waals surface area contributed by atoms with Crippen LogP contribution in [0.25, 0.3) is 0 Å². The molecule has 2 fully saturated rings. The predicted octanol–water partition coefficient (Wildman–Crippen LogP) is 5.47. The minimum Gasteiger partial charge on any atom is -0.171 e. The van der Waals surface area contributed by atoms with Gasteiger partial charge in [0.05, 0.1) is 5.92 Å². The lowest BCUT2D eigenvalue weighted by Crippen LogP contribution is -3.39. The topological polar surface area (TPSA) is 0 Å². The van der Waals surface area contributed by atoms with Crippen LogP contribution in [0.2, 0.25) is 0 Å². The second kappa shape index (κ2) is 11.4. The van der Waals surface area contributed by atoms with E-state index >= 15 is 0 Å². The van der Waals surface area contributed by atoms with Gasteiger partial charge in [0.25, 0.3) is 22.6 Å². The summed E-state index contributed by atoms with van der Waals surface area (Å²) >= 11 is 2.21. The Balaban J connectivity index is 2.44. The van der Waals surface area contributed by atoms with Crippen molar-refractivity contribution >= 4 is 0 Å². The molecule has 4 heteroatoms. The van der Waals surface area contributed by atoms with Crippen molar-refractivity contribution in [2.24, 2.45) is 40.9 Å². The molecule has 0 nitrogen and oxygen atoms in total. The zero-order chi connectivity index (χ0) is 22.5. The summed E-state index contributed by atoms with van der Waals surface area (Å²) in [5.74, 6) is 0.704. The molecular weight excluding hydrogens is 496 g/mol. The van der Waals surface area contributed by atoms with Gasteiger partial charge in [-0.05, 0) is 93.8 Å². The maximum absolute atomic E-state index is 14.3. The first-order chi connectivity index (χ1) is 14.0. The number of alkyl halides is 4. The van der Waals surface area contributed by atoms with Crippen LogP contribution in [-0.2, 0) is 0 Å². The van der Waals surface area contributed by atoms with E-state index in [1.807, 2.05) is 13.8 Å². The third-order valence-corrected chi connectivity index (χ3v) is 10.7. The van der Waals surface area contributed by atoms with Crippen molar-refractivity contribution < 1.29 is 35.8 Å². The van der Waals surface area contributed by atoms with Crippen molar-refractivity contribution in [3.05, 3.63) is 12.2 Å². The van der Waals surface area contributed by atoms with Crippen molar-refractivity contribution in [3.63, 3.8) is 0 Å². The van der Waals surface area contributed by atoms with Gasteiger partial charge in [0, 0.05) is 5.92 Å². The molecule has 0 N–H and O–H groups in total. The van der Waals surface area contributed by atoms with Crippen molar-refractivity contribution in [1.82, 2.24) is 0 Å². The summed E-state index contributed by atoms with van der Waals surface area (Å²) in [6.07, 6.45) is 10.9. The lowest BCUT2D eigenvalue weighted by atomic mass is 9.54. The molecule has 30 heavy (non-hydrogen) atoms. The minimum atomic E-state index is -4.13. The van der Waals surface area contributed by atoms with Gasteiger partial charge < -0.3 is 0 Å². The first-order valence-corrected chi connectivity index (χ1v) is 13.7. The van der Waals surface area contributed by atoms with E-state index < -0.39 is 17.5 Å². The molecule has 0 spiro atoms. The summed E-state index contributed by atoms with van der Waals surface area (Å²) in [4.78, 5) is 0. The van der Waals surface area contributed by atoms with Crippen LogP contribution < -0.4 is 22.6 Å². The largest absolute Gasteiger partial charge is 0.392 e. The van der Waals surface area contributed by atoms with E-state index in [-0.39, 0.29) is 11.8 Å². The van der Waals surface area contributed by atoms with Crippen LogP contribution in [0.1, 0.15) is 98.8 Å². The Morgan fingerprint density at radius 1 is 1.10 bits per heavy atom. The number of halogens is 4. The van der Waals surface area contributed by atoms with Gasteiger partial charge in [-0.2, -0.15) is 13.2 Å². The maximum Gasteiger partial charge on any atom is 0.392 e. The standard InChI is InChI=1S/C26H45F3I/c1-6-7-8-9-12-22-13-10-11-14-24(30)19(3)23(17-18(2)21-15-16-21)25(22,5)20(4)26(27,28)29/h6-7,18-24,30H,8-17H2,1-5H3/q+1/b7-6-/t18-,19-,20-,22?,23?,24?,25+/m1/s1. The summed E-state index contributed by atoms with van der Waals surface area (Å²) in [6.45, 7) is 10.2. The zero-order valence-electron chi connectivity index (χ0n) is 19.8. The Morgan fingerprint density at radius 2 is 1.73 bits per heavy atom. The molecule has 0 amide bonds. The fourth-order valence-corrected chi connectivity index (χ4v) is 7.31. The van der Waals surface area contributed by atoms with Crippen molar-refractivity contribution in [2.45, 2.75) is 109 Å². The van der Waals surface area contributed by atoms with E-state index in [2.05, 4.69) is 48.6 Å². The summed E-state index contributed by atoms with van der Waals surface area (Å²) in [6, 6.07) is 0. The SMILES string of the molecule is C/C=C\CCCC1CCCCC([IH+])[C@H](C)C(C[C@@H](C)C2CC2)[C@@]1(C)[C@@H](C)C(F)(F)F. The van der Waals surface area contributed by atoms with Crippen molar-refractivity contribution in [3.8, 4) is 0 Å². The van der Waals surface area contributed by atoms with Crippen LogP contribution in [-0.4, -0.2) is 10.1 Å². The van der Waals surface area contributed by atoms with Crippen LogP contribution >= 0.6 is 0 Å². The van der Waals surface area contributed by atoms with E-state index in [9.17, 15) is 13.2 Å². The Bertz CT molecular complexity index is 539. The number of rotatable bonds is 8. The normalized spacial score (nSPS) is 36.2. The molecule has 2 rings (SSSR count). The van der Waals surface area contributed by atoms with Crippen LogP contribution in [0, 0.1) is 40.9 Å². The number of hydrogen-bond donors (Lipinski definition) is 0. The lowest BCUT2D eigenvalue weighted by Gasteiger charge is -2.51. The Kier molecular flexibility index (Phi) is 10.1. The average Bonchev–Trinajstić information content (AvgIpc) is 3.52. The van der Waals surface area contributed by atoms with Crippen LogP contribution in [0.3, 0.4) is 0 Å². The van der Waals surface area contributed by atoms with E-state index in [0.29, 0.717) is 15.8 Å². The second-order valence-corrected chi connectivity index (χ2v) is 12.4. The third-order valence-electron chi connectivity index (χ3n) is 8.83. The molecule has 0 aromatic heterocycles. The third kappa shape index (κ3) is 6.63. The van der Waals surface area contributed by atoms with Gasteiger partial charge in [-0.1, -0.05) is 46.3 Å². The zero-order valence-corrected chi connectivity index (χ0v) is 22.1. The number of allylic oxidation sites excluding steroid dienone is 2. The average molecular weight is 542 g/mol. The lowest BCUT2D eigenvalue weighted by molar-refractivity contribution is -0.439. The highest BCUT2D eigenvalue weighted by atomic mass is 127. The van der Waals surface area contributed by atoms with Gasteiger partial charge in [-0.15, -0.1) is 0 Å². The molecule has 0 aromatic carbocycles. The molecule has 0 bridgehead atoms. The molecule has 2 aliphatic carbocycles. The van der Waals surface area contributed by atoms with Gasteiger partial charge in [0.1, 0.15) is 0 Å². The smallest absolute Gasteiger partial charge is 0.171 e. The molecular formula is C26H45F3I+. The molecule has 0 saturated heterocycles. The summed E-state index contributed by atoms with van der Waals surface area (Å²) < 4.78 is 43.5. The van der Waals surface area contributed by atoms with Gasteiger partial charge in [0.2, 0.25) is 0 Å². The fraction of sp³-hybridized carbons (Fsp3) is 0.923. The molecule has 3 unspecified atom stereocenters. The van der Waals surface area contributed by atoms with Crippen molar-refractivity contribution in [1.29, 1.82) is 0 Å². The summed E-state index contributed by atoms with van der Waals surface area (Å²) in [5.41, 5.74) is -0.684. The monoisotopic (exact) mass is 541 g/mol. The molecule has 0 radical (unpaired) electrons. The van der Waals surface area contributed by atoms with Gasteiger partial charge in [0.15, 0.2) is 3.92 Å².